The summed E-state index contributed by atoms with van der Waals surface area (Å²) in [5, 5.41) is 116. The predicted molar refractivity (Wildman–Crippen MR) is 443 cm³/mol. The summed E-state index contributed by atoms with van der Waals surface area (Å²) >= 11 is 1.62. The summed E-state index contributed by atoms with van der Waals surface area (Å²) in [7, 11) is -8.78. The van der Waals surface area contributed by atoms with Crippen molar-refractivity contribution in [3.05, 3.63) is 192 Å². The molecular weight excluding hydrogens is 1680 g/mol. The van der Waals surface area contributed by atoms with Crippen LogP contribution in [0.2, 0.25) is 0 Å². The number of rotatable bonds is 51. The van der Waals surface area contributed by atoms with Crippen molar-refractivity contribution in [2.24, 2.45) is 40.9 Å². The molecule has 0 bridgehead atoms. The first kappa shape index (κ1) is 90.7. The summed E-state index contributed by atoms with van der Waals surface area (Å²) in [6, 6.07) is 41.6. The van der Waals surface area contributed by atoms with Crippen molar-refractivity contribution < 1.29 is 114 Å². The Labute approximate surface area is 701 Å². The summed E-state index contributed by atoms with van der Waals surface area (Å²) in [5.74, 6) is -5.15. The standard InChI is InChI=1S/C74H74N20O24S4/c95-65(96)45-11-3-15-49(37-45)87-91-53-19-23-57(61(41-53)111-29-7-33-119-117-115-103)77-71-81-69(83-73(85-71)79-59-25-21-55(43-63(59)113-31-9-35-121(105,106)107)93-89-51-17-5-13-47(39-51)67(99)100)75-27-1-2-28-76-70-82-72(78-58-24-20-54(42-62(58)112-30-8-34-120-118-116-104)92-88-50-16-4-12-46(38-50)66(97)98)86-74(84-70)80-60-26-22-56(44-64(60)114-32-10-36-122(108,109)110)94-90-52-18-6-14-48(40-52)68(101)102/h3-6,11-26,37-44,103-104H,1-2,7-10,27-36H2,(H,95,96)(H,97,98)(H,99,100)(H,101,102)(H,105,106,107)(H,108,109,110)(H3,75,77,79,81,83,85)(H3,76,78,80,82,84,86). The summed E-state index contributed by atoms with van der Waals surface area (Å²) in [6.07, 6.45) is 1.22. The van der Waals surface area contributed by atoms with Crippen LogP contribution in [0.1, 0.15) is 80.0 Å². The summed E-state index contributed by atoms with van der Waals surface area (Å²) in [6.45, 7) is 0.0660. The number of carboxylic acids is 4. The van der Waals surface area contributed by atoms with Crippen molar-refractivity contribution in [2.75, 3.05) is 94.4 Å². The fourth-order valence-electron chi connectivity index (χ4n) is 10.3. The average molecular weight is 1760 g/mol. The van der Waals surface area contributed by atoms with Gasteiger partial charge in [-0.1, -0.05) is 34.3 Å². The highest BCUT2D eigenvalue weighted by Gasteiger charge is 2.20. The lowest BCUT2D eigenvalue weighted by Gasteiger charge is -2.16. The van der Waals surface area contributed by atoms with Crippen LogP contribution < -0.4 is 50.8 Å². The quantitative estimate of drug-likeness (QED) is 0.00420. The third-order valence-electron chi connectivity index (χ3n) is 15.8. The third-order valence-corrected chi connectivity index (χ3v) is 18.6. The zero-order chi connectivity index (χ0) is 86.6. The second-order valence-corrected chi connectivity index (χ2v) is 29.6. The number of aromatic carboxylic acids is 4. The number of aromatic nitrogens is 6. The normalized spacial score (nSPS) is 11.6. The van der Waals surface area contributed by atoms with E-state index in [1.54, 1.807) is 60.7 Å². The molecule has 122 heavy (non-hydrogen) atoms. The van der Waals surface area contributed by atoms with Crippen LogP contribution in [0.4, 0.5) is 104 Å². The highest BCUT2D eigenvalue weighted by atomic mass is 32.2. The van der Waals surface area contributed by atoms with Crippen LogP contribution in [-0.4, -0.2) is 173 Å². The van der Waals surface area contributed by atoms with E-state index in [-0.39, 0.29) is 190 Å². The Hall–Kier alpha value is -13.7. The summed E-state index contributed by atoms with van der Waals surface area (Å²) in [5.41, 5.74) is 2.78. The van der Waals surface area contributed by atoms with Gasteiger partial charge in [-0.2, -0.15) is 87.7 Å². The molecular formula is C74H74N20O24S4. The van der Waals surface area contributed by atoms with E-state index in [9.17, 15) is 65.5 Å². The van der Waals surface area contributed by atoms with Crippen molar-refractivity contribution in [1.29, 1.82) is 0 Å². The molecule has 48 heteroatoms. The van der Waals surface area contributed by atoms with Crippen LogP contribution in [0.3, 0.4) is 0 Å². The lowest BCUT2D eigenvalue weighted by molar-refractivity contribution is -0.432. The van der Waals surface area contributed by atoms with Crippen LogP contribution in [0, 0.1) is 0 Å². The molecule has 0 saturated heterocycles. The van der Waals surface area contributed by atoms with E-state index >= 15 is 0 Å². The van der Waals surface area contributed by atoms with Gasteiger partial charge in [-0.25, -0.2) is 29.7 Å². The molecule has 0 unspecified atom stereocenters. The van der Waals surface area contributed by atoms with E-state index in [0.717, 1.165) is 24.1 Å². The minimum absolute atomic E-state index is 0.00340. The number of hydrogen-bond acceptors (Lipinski definition) is 40. The maximum Gasteiger partial charge on any atom is 0.335 e. The van der Waals surface area contributed by atoms with Crippen molar-refractivity contribution in [2.45, 2.75) is 38.5 Å². The number of nitrogens with zero attached hydrogens (tertiary/aromatic N) is 14. The Morgan fingerprint density at radius 3 is 0.820 bits per heavy atom. The Balaban J connectivity index is 0.953. The first-order valence-electron chi connectivity index (χ1n) is 36.1. The Kier molecular flexibility index (Phi) is 34.2. The molecule has 14 N–H and O–H groups in total. The minimum Gasteiger partial charge on any atom is -0.491 e. The molecule has 8 aromatic carbocycles. The lowest BCUT2D eigenvalue weighted by Crippen LogP contribution is -2.14. The number of hydrogen-bond donors (Lipinski definition) is 14. The molecule has 0 amide bonds. The van der Waals surface area contributed by atoms with Gasteiger partial charge in [0.05, 0.1) is 128 Å². The van der Waals surface area contributed by atoms with E-state index in [0.29, 0.717) is 48.6 Å². The zero-order valence-electron chi connectivity index (χ0n) is 63.5. The van der Waals surface area contributed by atoms with Gasteiger partial charge < -0.3 is 71.3 Å². The maximum atomic E-state index is 11.8. The molecule has 44 nitrogen and oxygen atoms in total. The molecule has 2 aromatic heterocycles. The molecule has 0 aliphatic heterocycles. The van der Waals surface area contributed by atoms with Crippen molar-refractivity contribution in [3.8, 4) is 23.0 Å². The lowest BCUT2D eigenvalue weighted by atomic mass is 10.2. The van der Waals surface area contributed by atoms with Gasteiger partial charge in [0.25, 0.3) is 20.2 Å². The molecule has 638 valence electrons. The molecule has 0 fully saturated rings. The summed E-state index contributed by atoms with van der Waals surface area (Å²) in [4.78, 5) is 75.1. The van der Waals surface area contributed by atoms with Crippen LogP contribution >= 0.6 is 24.1 Å². The van der Waals surface area contributed by atoms with Crippen molar-refractivity contribution in [3.63, 3.8) is 0 Å². The molecule has 2 heterocycles. The molecule has 10 aromatic rings. The SMILES string of the molecule is O=C(O)c1cccc(N=Nc2ccc(Nc3nc(NCCCCNc4nc(Nc5ccc(N=Nc6cccc(C(=O)O)c6)cc5OCCCSOOO)nc(Nc5ccc(N=Nc6cccc(C(=O)O)c6)cc5OCCCS(=O)(=O)O)n4)nc(Nc4ccc(N=Nc5cccc(C(=O)O)c5)cc4OCCCS(=O)(=O)O)n3)c(OCCCSOOO)c2)c1. The molecule has 0 radical (unpaired) electrons. The number of carbonyl (C=O) groups is 4. The molecule has 0 saturated carbocycles. The van der Waals surface area contributed by atoms with Gasteiger partial charge in [0.2, 0.25) is 35.7 Å². The Bertz CT molecular complexity index is 5330. The maximum absolute atomic E-state index is 11.8. The first-order chi connectivity index (χ1) is 58.9. The van der Waals surface area contributed by atoms with E-state index in [1.165, 1.54) is 109 Å². The van der Waals surface area contributed by atoms with Crippen LogP contribution in [-0.2, 0) is 39.0 Å². The number of carboxylic acid groups (broad SMARTS) is 4. The Morgan fingerprint density at radius 1 is 0.328 bits per heavy atom. The monoisotopic (exact) mass is 1750 g/mol. The highest BCUT2D eigenvalue weighted by molar-refractivity contribution is 7.94. The molecule has 0 aliphatic carbocycles. The number of anilines is 10. The highest BCUT2D eigenvalue weighted by Crippen LogP contribution is 2.39. The van der Waals surface area contributed by atoms with Crippen LogP contribution in [0.25, 0.3) is 0 Å². The fourth-order valence-corrected chi connectivity index (χ4v) is 11.9. The first-order valence-corrected chi connectivity index (χ1v) is 41.2. The smallest absolute Gasteiger partial charge is 0.335 e. The zero-order valence-corrected chi connectivity index (χ0v) is 66.7. The topological polar surface area (TPSA) is 621 Å². The van der Waals surface area contributed by atoms with Crippen molar-refractivity contribution >= 4 is 172 Å². The number of nitrogens with one attached hydrogen (secondary N) is 6. The van der Waals surface area contributed by atoms with Gasteiger partial charge in [-0.05, 0) is 160 Å². The van der Waals surface area contributed by atoms with Gasteiger partial charge in [-0.3, -0.25) is 9.11 Å². The average Bonchev–Trinajstić information content (AvgIpc) is 0.821. The number of azo groups is 4. The second kappa shape index (κ2) is 46.1. The predicted octanol–water partition coefficient (Wildman–Crippen LogP) is 16.8. The number of benzene rings is 8. The van der Waals surface area contributed by atoms with Gasteiger partial charge in [0.1, 0.15) is 23.0 Å². The van der Waals surface area contributed by atoms with Gasteiger partial charge in [0, 0.05) is 72.9 Å². The van der Waals surface area contributed by atoms with E-state index in [4.69, 9.17) is 49.4 Å². The fraction of sp³-hybridized carbons (Fsp3) is 0.216. The van der Waals surface area contributed by atoms with Gasteiger partial charge in [0.15, 0.2) is 0 Å². The van der Waals surface area contributed by atoms with E-state index in [1.807, 2.05) is 0 Å². The molecule has 0 aliphatic rings. The number of ether oxygens (including phenoxy) is 4. The number of unbranched alkanes of at least 4 members (excludes halogenated alkanes) is 1. The molecule has 10 rings (SSSR count). The molecule has 0 spiro atoms. The van der Waals surface area contributed by atoms with E-state index in [2.05, 4.69) is 102 Å². The molecule has 0 atom stereocenters. The largest absolute Gasteiger partial charge is 0.491 e. The second-order valence-electron chi connectivity index (χ2n) is 24.9. The van der Waals surface area contributed by atoms with Gasteiger partial charge in [-0.15, -0.1) is 8.67 Å². The van der Waals surface area contributed by atoms with Crippen molar-refractivity contribution in [1.82, 2.24) is 29.9 Å². The van der Waals surface area contributed by atoms with Crippen LogP contribution in [0.15, 0.2) is 211 Å². The minimum atomic E-state index is -4.39. The third kappa shape index (κ3) is 30.9. The summed E-state index contributed by atoms with van der Waals surface area (Å²) < 4.78 is 99.7. The Morgan fingerprint density at radius 2 is 0.574 bits per heavy atom. The van der Waals surface area contributed by atoms with Crippen LogP contribution in [0.5, 0.6) is 23.0 Å². The van der Waals surface area contributed by atoms with Gasteiger partial charge >= 0.3 is 23.9 Å². The van der Waals surface area contributed by atoms with E-state index < -0.39 is 55.6 Å².